The fraction of sp³-hybridized carbons (Fsp3) is 0.133. The van der Waals surface area contributed by atoms with E-state index in [-0.39, 0.29) is 0 Å². The fourth-order valence-corrected chi connectivity index (χ4v) is 2.80. The first-order valence-corrected chi connectivity index (χ1v) is 6.72. The molecule has 0 bridgehead atoms. The normalized spacial score (nSPS) is 11.2. The Balaban J connectivity index is 2.23. The van der Waals surface area contributed by atoms with Crippen LogP contribution in [0.5, 0.6) is 0 Å². The molecule has 0 amide bonds. The van der Waals surface area contributed by atoms with E-state index in [4.69, 9.17) is 23.2 Å². The highest BCUT2D eigenvalue weighted by Gasteiger charge is 2.09. The highest BCUT2D eigenvalue weighted by molar-refractivity contribution is 6.35. The van der Waals surface area contributed by atoms with Gasteiger partial charge in [0.1, 0.15) is 5.52 Å². The molecule has 4 heteroatoms. The van der Waals surface area contributed by atoms with Gasteiger partial charge in [-0.1, -0.05) is 29.3 Å². The molecule has 0 fully saturated rings. The topological polar surface area (TPSA) is 17.8 Å². The van der Waals surface area contributed by atoms with E-state index in [1.165, 1.54) is 0 Å². The standard InChI is InChI=1S/C15H12Cl2N2/c1-9-3-4-14(12(16)6-9)19-8-11-5-10(2)7-13(17)15(11)18-19/h3-8H,1-2H3. The third-order valence-corrected chi connectivity index (χ3v) is 3.65. The van der Waals surface area contributed by atoms with Crippen molar-refractivity contribution in [3.63, 3.8) is 0 Å². The maximum atomic E-state index is 6.27. The van der Waals surface area contributed by atoms with Crippen LogP contribution >= 0.6 is 23.2 Å². The van der Waals surface area contributed by atoms with Crippen LogP contribution in [0.25, 0.3) is 16.6 Å². The smallest absolute Gasteiger partial charge is 0.111 e. The Morgan fingerprint density at radius 2 is 1.68 bits per heavy atom. The predicted molar refractivity (Wildman–Crippen MR) is 80.6 cm³/mol. The molecule has 0 aliphatic heterocycles. The van der Waals surface area contributed by atoms with E-state index in [9.17, 15) is 0 Å². The summed E-state index contributed by atoms with van der Waals surface area (Å²) < 4.78 is 1.78. The van der Waals surface area contributed by atoms with E-state index in [2.05, 4.69) is 11.2 Å². The number of hydrogen-bond acceptors (Lipinski definition) is 1. The van der Waals surface area contributed by atoms with Crippen LogP contribution in [0.1, 0.15) is 11.1 Å². The van der Waals surface area contributed by atoms with Gasteiger partial charge in [-0.3, -0.25) is 0 Å². The maximum absolute atomic E-state index is 6.27. The van der Waals surface area contributed by atoms with Gasteiger partial charge in [-0.15, -0.1) is 0 Å². The number of nitrogens with zero attached hydrogens (tertiary/aromatic N) is 2. The molecular weight excluding hydrogens is 279 g/mol. The first-order valence-electron chi connectivity index (χ1n) is 5.96. The highest BCUT2D eigenvalue weighted by atomic mass is 35.5. The third kappa shape index (κ3) is 2.22. The van der Waals surface area contributed by atoms with Crippen molar-refractivity contribution < 1.29 is 0 Å². The molecule has 0 aliphatic rings. The van der Waals surface area contributed by atoms with Gasteiger partial charge < -0.3 is 0 Å². The molecule has 3 rings (SSSR count). The summed E-state index contributed by atoms with van der Waals surface area (Å²) in [7, 11) is 0. The van der Waals surface area contributed by atoms with E-state index in [1.54, 1.807) is 4.68 Å². The van der Waals surface area contributed by atoms with Gasteiger partial charge in [0.05, 0.1) is 15.7 Å². The van der Waals surface area contributed by atoms with Crippen LogP contribution in [0, 0.1) is 13.8 Å². The van der Waals surface area contributed by atoms with Crippen molar-refractivity contribution in [2.24, 2.45) is 0 Å². The molecule has 96 valence electrons. The van der Waals surface area contributed by atoms with Crippen LogP contribution in [0.3, 0.4) is 0 Å². The molecule has 0 saturated heterocycles. The van der Waals surface area contributed by atoms with Crippen LogP contribution in [-0.4, -0.2) is 9.78 Å². The SMILES string of the molecule is Cc1ccc(-n2cc3cc(C)cc(Cl)c3n2)c(Cl)c1. The molecule has 0 radical (unpaired) electrons. The van der Waals surface area contributed by atoms with E-state index < -0.39 is 0 Å². The van der Waals surface area contributed by atoms with Gasteiger partial charge in [0.2, 0.25) is 0 Å². The number of rotatable bonds is 1. The molecular formula is C15H12Cl2N2. The fourth-order valence-electron chi connectivity index (χ4n) is 2.15. The van der Waals surface area contributed by atoms with Crippen LogP contribution in [0.15, 0.2) is 36.5 Å². The van der Waals surface area contributed by atoms with Gasteiger partial charge in [0.15, 0.2) is 0 Å². The van der Waals surface area contributed by atoms with Gasteiger partial charge in [0.25, 0.3) is 0 Å². The molecule has 1 aromatic heterocycles. The zero-order valence-corrected chi connectivity index (χ0v) is 12.1. The molecule has 1 heterocycles. The van der Waals surface area contributed by atoms with Crippen LogP contribution in [0.4, 0.5) is 0 Å². The summed E-state index contributed by atoms with van der Waals surface area (Å²) in [6.07, 6.45) is 1.95. The minimum Gasteiger partial charge on any atom is -0.238 e. The summed E-state index contributed by atoms with van der Waals surface area (Å²) in [5.74, 6) is 0. The molecule has 3 aromatic rings. The molecule has 2 aromatic carbocycles. The molecule has 0 atom stereocenters. The number of aromatic nitrogens is 2. The summed E-state index contributed by atoms with van der Waals surface area (Å²) in [5.41, 5.74) is 3.90. The molecule has 0 saturated carbocycles. The lowest BCUT2D eigenvalue weighted by atomic mass is 10.2. The van der Waals surface area contributed by atoms with Gasteiger partial charge >= 0.3 is 0 Å². The van der Waals surface area contributed by atoms with Gasteiger partial charge in [-0.2, -0.15) is 5.10 Å². The van der Waals surface area contributed by atoms with Crippen LogP contribution in [0.2, 0.25) is 10.0 Å². The Kier molecular flexibility index (Phi) is 3.00. The Labute approximate surface area is 121 Å². The van der Waals surface area contributed by atoms with Crippen molar-refractivity contribution in [1.29, 1.82) is 0 Å². The van der Waals surface area contributed by atoms with Gasteiger partial charge in [0, 0.05) is 11.6 Å². The Hall–Kier alpha value is -1.51. The monoisotopic (exact) mass is 290 g/mol. The lowest BCUT2D eigenvalue weighted by Gasteiger charge is -2.04. The van der Waals surface area contributed by atoms with Crippen molar-refractivity contribution in [3.8, 4) is 5.69 Å². The van der Waals surface area contributed by atoms with Crippen LogP contribution in [-0.2, 0) is 0 Å². The molecule has 19 heavy (non-hydrogen) atoms. The van der Waals surface area contributed by atoms with Crippen molar-refractivity contribution in [1.82, 2.24) is 9.78 Å². The lowest BCUT2D eigenvalue weighted by Crippen LogP contribution is -1.95. The van der Waals surface area contributed by atoms with E-state index in [1.807, 2.05) is 44.3 Å². The van der Waals surface area contributed by atoms with E-state index >= 15 is 0 Å². The van der Waals surface area contributed by atoms with Crippen LogP contribution < -0.4 is 0 Å². The first-order chi connectivity index (χ1) is 9.04. The number of halogens is 2. The second-order valence-electron chi connectivity index (χ2n) is 4.71. The Bertz CT molecular complexity index is 775. The van der Waals surface area contributed by atoms with Crippen molar-refractivity contribution in [2.45, 2.75) is 13.8 Å². The Morgan fingerprint density at radius 3 is 2.42 bits per heavy atom. The summed E-state index contributed by atoms with van der Waals surface area (Å²) in [4.78, 5) is 0. The predicted octanol–water partition coefficient (Wildman–Crippen LogP) is 4.95. The molecule has 0 aliphatic carbocycles. The van der Waals surface area contributed by atoms with Gasteiger partial charge in [-0.05, 0) is 49.2 Å². The number of hydrogen-bond donors (Lipinski definition) is 0. The largest absolute Gasteiger partial charge is 0.238 e. The van der Waals surface area contributed by atoms with Crippen molar-refractivity contribution >= 4 is 34.1 Å². The second kappa shape index (κ2) is 4.55. The van der Waals surface area contributed by atoms with E-state index in [0.717, 1.165) is 27.7 Å². The number of fused-ring (bicyclic) bond motifs is 1. The van der Waals surface area contributed by atoms with Crippen molar-refractivity contribution in [3.05, 3.63) is 57.7 Å². The first kappa shape index (κ1) is 12.5. The molecule has 2 nitrogen and oxygen atoms in total. The molecule has 0 N–H and O–H groups in total. The molecule has 0 spiro atoms. The zero-order chi connectivity index (χ0) is 13.6. The average Bonchev–Trinajstić information content (AvgIpc) is 2.72. The number of benzene rings is 2. The van der Waals surface area contributed by atoms with Gasteiger partial charge in [-0.25, -0.2) is 4.68 Å². The summed E-state index contributed by atoms with van der Waals surface area (Å²) in [6.45, 7) is 4.02. The number of aryl methyl sites for hydroxylation is 2. The summed E-state index contributed by atoms with van der Waals surface area (Å²) in [6, 6.07) is 9.88. The molecule has 0 unspecified atom stereocenters. The minimum atomic E-state index is 0.664. The summed E-state index contributed by atoms with van der Waals surface area (Å²) in [5, 5.41) is 6.87. The average molecular weight is 291 g/mol. The third-order valence-electron chi connectivity index (χ3n) is 3.06. The maximum Gasteiger partial charge on any atom is 0.111 e. The lowest BCUT2D eigenvalue weighted by molar-refractivity contribution is 0.896. The zero-order valence-electron chi connectivity index (χ0n) is 10.6. The summed E-state index contributed by atoms with van der Waals surface area (Å²) >= 11 is 12.5. The Morgan fingerprint density at radius 1 is 0.947 bits per heavy atom. The quantitative estimate of drug-likeness (QED) is 0.620. The van der Waals surface area contributed by atoms with Crippen molar-refractivity contribution in [2.75, 3.05) is 0 Å². The van der Waals surface area contributed by atoms with E-state index in [0.29, 0.717) is 10.0 Å². The minimum absolute atomic E-state index is 0.664. The second-order valence-corrected chi connectivity index (χ2v) is 5.53. The highest BCUT2D eigenvalue weighted by Crippen LogP contribution is 2.27.